The predicted molar refractivity (Wildman–Crippen MR) is 129 cm³/mol. The van der Waals surface area contributed by atoms with Crippen LogP contribution in [0.15, 0.2) is 12.3 Å². The molecule has 1 rings (SSSR count). The summed E-state index contributed by atoms with van der Waals surface area (Å²) in [4.78, 5) is 48.3. The van der Waals surface area contributed by atoms with Crippen LogP contribution < -0.4 is 10.6 Å². The molecule has 0 aromatic heterocycles. The van der Waals surface area contributed by atoms with Gasteiger partial charge in [-0.3, -0.25) is 19.7 Å². The summed E-state index contributed by atoms with van der Waals surface area (Å²) in [7, 11) is 2.55. The van der Waals surface area contributed by atoms with Gasteiger partial charge in [0, 0.05) is 11.2 Å². The van der Waals surface area contributed by atoms with Gasteiger partial charge in [-0.1, -0.05) is 6.58 Å². The Morgan fingerprint density at radius 2 is 1.23 bits per heavy atom. The zero-order chi connectivity index (χ0) is 26.6. The molecule has 0 heterocycles. The molecule has 2 N–H and O–H groups in total. The number of hydrogen-bond acceptors (Lipinski definition) is 10. The molecule has 10 nitrogen and oxygen atoms in total. The Morgan fingerprint density at radius 3 is 1.60 bits per heavy atom. The summed E-state index contributed by atoms with van der Waals surface area (Å²) < 4.78 is 20.3. The Labute approximate surface area is 208 Å². The van der Waals surface area contributed by atoms with Gasteiger partial charge in [-0.25, -0.2) is 4.79 Å². The molecular formula is C25H42N2O8. The van der Waals surface area contributed by atoms with Gasteiger partial charge in [0.2, 0.25) is 0 Å². The van der Waals surface area contributed by atoms with Crippen molar-refractivity contribution in [3.63, 3.8) is 0 Å². The van der Waals surface area contributed by atoms with E-state index >= 15 is 0 Å². The molecule has 35 heavy (non-hydrogen) atoms. The van der Waals surface area contributed by atoms with Crippen molar-refractivity contribution in [2.45, 2.75) is 83.8 Å². The summed E-state index contributed by atoms with van der Waals surface area (Å²) in [5.74, 6) is -1.53. The Bertz CT molecular complexity index is 738. The summed E-state index contributed by atoms with van der Waals surface area (Å²) in [6, 6.07) is -1.59. The predicted octanol–water partition coefficient (Wildman–Crippen LogP) is 2.25. The normalized spacial score (nSPS) is 19.6. The molecular weight excluding hydrogens is 456 g/mol. The fourth-order valence-electron chi connectivity index (χ4n) is 3.93. The van der Waals surface area contributed by atoms with Gasteiger partial charge in [0.1, 0.15) is 12.1 Å². The molecule has 0 aromatic rings. The summed E-state index contributed by atoms with van der Waals surface area (Å²) in [6.45, 7) is 11.7. The number of esters is 4. The Hall–Kier alpha value is -2.62. The summed E-state index contributed by atoms with van der Waals surface area (Å²) in [5.41, 5.74) is 0.195. The fourth-order valence-corrected chi connectivity index (χ4v) is 3.93. The molecule has 0 aromatic carbocycles. The van der Waals surface area contributed by atoms with Crippen LogP contribution in [0.3, 0.4) is 0 Å². The molecule has 2 unspecified atom stereocenters. The molecule has 0 aliphatic heterocycles. The molecule has 0 amide bonds. The van der Waals surface area contributed by atoms with Crippen LogP contribution in [0.4, 0.5) is 0 Å². The van der Waals surface area contributed by atoms with Gasteiger partial charge < -0.3 is 24.3 Å². The lowest BCUT2D eigenvalue weighted by atomic mass is 9.83. The third kappa shape index (κ3) is 12.6. The Morgan fingerprint density at radius 1 is 0.829 bits per heavy atom. The zero-order valence-electron chi connectivity index (χ0n) is 21.9. The minimum Gasteiger partial charge on any atom is -0.468 e. The molecule has 0 saturated heterocycles. The van der Waals surface area contributed by atoms with E-state index in [-0.39, 0.29) is 36.8 Å². The number of ether oxygens (including phenoxy) is 4. The topological polar surface area (TPSA) is 129 Å². The van der Waals surface area contributed by atoms with Crippen molar-refractivity contribution in [1.29, 1.82) is 0 Å². The molecule has 0 bridgehead atoms. The second-order valence-corrected chi connectivity index (χ2v) is 10.1. The minimum atomic E-state index is -0.826. The van der Waals surface area contributed by atoms with Gasteiger partial charge in [0.25, 0.3) is 0 Å². The van der Waals surface area contributed by atoms with Gasteiger partial charge in [-0.15, -0.1) is 0 Å². The van der Waals surface area contributed by atoms with E-state index in [1.807, 2.05) is 20.8 Å². The third-order valence-electron chi connectivity index (χ3n) is 5.67. The van der Waals surface area contributed by atoms with Crippen LogP contribution in [0.1, 0.15) is 66.2 Å². The monoisotopic (exact) mass is 498 g/mol. The average Bonchev–Trinajstić information content (AvgIpc) is 2.79. The molecule has 10 heteroatoms. The molecule has 1 aliphatic carbocycles. The second-order valence-electron chi connectivity index (χ2n) is 10.1. The van der Waals surface area contributed by atoms with Crippen molar-refractivity contribution >= 4 is 23.9 Å². The maximum atomic E-state index is 12.3. The van der Waals surface area contributed by atoms with Crippen LogP contribution in [0.25, 0.3) is 0 Å². The highest BCUT2D eigenvalue weighted by molar-refractivity contribution is 5.83. The van der Waals surface area contributed by atoms with Crippen molar-refractivity contribution in [2.75, 3.05) is 27.4 Å². The second kappa shape index (κ2) is 14.7. The van der Waals surface area contributed by atoms with Crippen molar-refractivity contribution in [3.8, 4) is 0 Å². The highest BCUT2D eigenvalue weighted by atomic mass is 16.5. The van der Waals surface area contributed by atoms with E-state index in [2.05, 4.69) is 17.2 Å². The van der Waals surface area contributed by atoms with E-state index in [1.165, 1.54) is 14.2 Å². The molecule has 1 fully saturated rings. The first-order valence-corrected chi connectivity index (χ1v) is 12.0. The first-order valence-electron chi connectivity index (χ1n) is 12.0. The highest BCUT2D eigenvalue weighted by Gasteiger charge is 2.29. The van der Waals surface area contributed by atoms with Gasteiger partial charge >= 0.3 is 23.9 Å². The van der Waals surface area contributed by atoms with E-state index in [9.17, 15) is 19.2 Å². The van der Waals surface area contributed by atoms with E-state index in [0.29, 0.717) is 12.3 Å². The smallest absolute Gasteiger partial charge is 0.328 e. The van der Waals surface area contributed by atoms with Crippen molar-refractivity contribution in [1.82, 2.24) is 10.6 Å². The molecule has 1 saturated carbocycles. The largest absolute Gasteiger partial charge is 0.468 e. The van der Waals surface area contributed by atoms with Crippen molar-refractivity contribution in [2.24, 2.45) is 11.8 Å². The number of nitrogens with one attached hydrogen (secondary N) is 2. The number of rotatable bonds is 13. The zero-order valence-corrected chi connectivity index (χ0v) is 21.9. The maximum Gasteiger partial charge on any atom is 0.328 e. The van der Waals surface area contributed by atoms with Crippen LogP contribution in [0.5, 0.6) is 0 Å². The first kappa shape index (κ1) is 30.4. The quantitative estimate of drug-likeness (QED) is 0.288. The standard InChI is InChI=1S/C25H42N2O8/c1-16(2)26-19(23(30)32-6)12-21(28)34-14-17-8-10-18(11-9-17)15-35-22(29)13-20(24(31)33-7)27-25(3,4)5/h17-20,26-27H,1,8-15H2,2-7H3. The number of methoxy groups -OCH3 is 2. The summed E-state index contributed by atoms with van der Waals surface area (Å²) in [6.07, 6.45) is 3.15. The highest BCUT2D eigenvalue weighted by Crippen LogP contribution is 2.29. The lowest BCUT2D eigenvalue weighted by Gasteiger charge is -2.29. The van der Waals surface area contributed by atoms with Crippen LogP contribution >= 0.6 is 0 Å². The number of carbonyl (C=O) groups excluding carboxylic acids is 4. The fraction of sp³-hybridized carbons (Fsp3) is 0.760. The van der Waals surface area contributed by atoms with Crippen LogP contribution in [-0.4, -0.2) is 68.9 Å². The van der Waals surface area contributed by atoms with E-state index < -0.39 is 36.0 Å². The average molecular weight is 499 g/mol. The lowest BCUT2D eigenvalue weighted by Crippen LogP contribution is -2.49. The summed E-state index contributed by atoms with van der Waals surface area (Å²) in [5, 5.41) is 5.90. The van der Waals surface area contributed by atoms with Gasteiger partial charge in [0.05, 0.1) is 40.3 Å². The first-order chi connectivity index (χ1) is 16.3. The van der Waals surface area contributed by atoms with E-state index in [0.717, 1.165) is 25.7 Å². The maximum absolute atomic E-state index is 12.3. The number of allylic oxidation sites excluding steroid dienone is 1. The lowest BCUT2D eigenvalue weighted by molar-refractivity contribution is -0.153. The molecule has 2 atom stereocenters. The number of carbonyl (C=O) groups is 4. The minimum absolute atomic E-state index is 0.0952. The van der Waals surface area contributed by atoms with Crippen molar-refractivity contribution in [3.05, 3.63) is 12.3 Å². The van der Waals surface area contributed by atoms with Gasteiger partial charge in [0.15, 0.2) is 0 Å². The third-order valence-corrected chi connectivity index (χ3v) is 5.67. The molecule has 0 spiro atoms. The van der Waals surface area contributed by atoms with Crippen LogP contribution in [0, 0.1) is 11.8 Å². The van der Waals surface area contributed by atoms with Gasteiger partial charge in [-0.05, 0) is 65.2 Å². The van der Waals surface area contributed by atoms with Gasteiger partial charge in [-0.2, -0.15) is 0 Å². The number of hydrogen-bond donors (Lipinski definition) is 2. The SMILES string of the molecule is C=C(C)NC(CC(=O)OCC1CCC(COC(=O)CC(NC(C)(C)C)C(=O)OC)CC1)C(=O)OC. The van der Waals surface area contributed by atoms with Crippen LogP contribution in [0.2, 0.25) is 0 Å². The Kier molecular flexibility index (Phi) is 12.8. The Balaban J connectivity index is 2.37. The van der Waals surface area contributed by atoms with E-state index in [1.54, 1.807) is 6.92 Å². The summed E-state index contributed by atoms with van der Waals surface area (Å²) >= 11 is 0. The van der Waals surface area contributed by atoms with Crippen LogP contribution in [-0.2, 0) is 38.1 Å². The molecule has 0 radical (unpaired) electrons. The molecule has 200 valence electrons. The van der Waals surface area contributed by atoms with E-state index in [4.69, 9.17) is 18.9 Å². The van der Waals surface area contributed by atoms with Crippen molar-refractivity contribution < 1.29 is 38.1 Å². The molecule has 1 aliphatic rings.